The molecule has 1 saturated heterocycles. The van der Waals surface area contributed by atoms with Crippen LogP contribution in [0.25, 0.3) is 10.4 Å². The third kappa shape index (κ3) is 3.45. The number of likely N-dealkylation sites (tertiary alicyclic amines) is 1. The van der Waals surface area contributed by atoms with Gasteiger partial charge >= 0.3 is 0 Å². The molecule has 1 atom stereocenters. The molecule has 7 heteroatoms. The molecule has 0 saturated carbocycles. The molecule has 19 heavy (non-hydrogen) atoms. The molecule has 1 amide bonds. The van der Waals surface area contributed by atoms with Crippen LogP contribution in [0.1, 0.15) is 12.0 Å². The molecular weight excluding hydrogens is 315 g/mol. The Kier molecular flexibility index (Phi) is 4.39. The summed E-state index contributed by atoms with van der Waals surface area (Å²) in [6.07, 6.45) is 0.404. The Labute approximate surface area is 118 Å². The molecule has 1 aliphatic rings. The summed E-state index contributed by atoms with van der Waals surface area (Å²) in [7, 11) is 0. The molecule has 1 fully saturated rings. The average Bonchev–Trinajstić information content (AvgIpc) is 2.72. The topological polar surface area (TPSA) is 69.1 Å². The van der Waals surface area contributed by atoms with Gasteiger partial charge in [-0.15, -0.1) is 0 Å². The molecule has 2 rings (SSSR count). The van der Waals surface area contributed by atoms with Crippen LogP contribution in [-0.4, -0.2) is 23.9 Å². The number of hydrogen-bond acceptors (Lipinski definition) is 2. The molecule has 1 aliphatic heterocycles. The zero-order chi connectivity index (χ0) is 13.8. The first-order valence-electron chi connectivity index (χ1n) is 5.82. The molecule has 0 radical (unpaired) electrons. The predicted octanol–water partition coefficient (Wildman–Crippen LogP) is 3.25. The minimum absolute atomic E-state index is 0.0404. The van der Waals surface area contributed by atoms with Gasteiger partial charge in [-0.25, -0.2) is 4.39 Å². The number of carbonyl (C=O) groups excluding carboxylic acids is 1. The van der Waals surface area contributed by atoms with Gasteiger partial charge in [-0.3, -0.25) is 4.79 Å². The lowest BCUT2D eigenvalue weighted by Gasteiger charge is -2.16. The van der Waals surface area contributed by atoms with Crippen molar-refractivity contribution in [2.24, 2.45) is 11.0 Å². The van der Waals surface area contributed by atoms with E-state index < -0.39 is 0 Å². The van der Waals surface area contributed by atoms with Crippen molar-refractivity contribution in [3.05, 3.63) is 44.5 Å². The first-order chi connectivity index (χ1) is 9.10. The fourth-order valence-electron chi connectivity index (χ4n) is 2.14. The summed E-state index contributed by atoms with van der Waals surface area (Å²) in [6, 6.07) is 4.70. The van der Waals surface area contributed by atoms with Crippen LogP contribution in [-0.2, 0) is 11.3 Å². The number of nitrogens with zero attached hydrogens (tertiary/aromatic N) is 4. The van der Waals surface area contributed by atoms with Crippen molar-refractivity contribution < 1.29 is 9.18 Å². The highest BCUT2D eigenvalue weighted by Crippen LogP contribution is 2.23. The Morgan fingerprint density at radius 1 is 1.58 bits per heavy atom. The number of amides is 1. The normalized spacial score (nSPS) is 18.5. The van der Waals surface area contributed by atoms with Gasteiger partial charge in [-0.1, -0.05) is 11.2 Å². The average molecular weight is 327 g/mol. The van der Waals surface area contributed by atoms with E-state index in [2.05, 4.69) is 26.0 Å². The Hall–Kier alpha value is -1.59. The third-order valence-electron chi connectivity index (χ3n) is 3.06. The van der Waals surface area contributed by atoms with Gasteiger partial charge in [0.05, 0.1) is 4.47 Å². The summed E-state index contributed by atoms with van der Waals surface area (Å²) in [5, 5.41) is 3.50. The third-order valence-corrected chi connectivity index (χ3v) is 3.66. The van der Waals surface area contributed by atoms with Gasteiger partial charge in [0.25, 0.3) is 0 Å². The molecule has 1 aromatic carbocycles. The van der Waals surface area contributed by atoms with Gasteiger partial charge in [0.15, 0.2) is 0 Å². The maximum Gasteiger partial charge on any atom is 0.223 e. The minimum atomic E-state index is -0.322. The van der Waals surface area contributed by atoms with Crippen molar-refractivity contribution >= 4 is 21.8 Å². The van der Waals surface area contributed by atoms with E-state index in [1.807, 2.05) is 0 Å². The van der Waals surface area contributed by atoms with E-state index in [1.54, 1.807) is 17.0 Å². The fourth-order valence-corrected chi connectivity index (χ4v) is 2.57. The van der Waals surface area contributed by atoms with Crippen LogP contribution >= 0.6 is 15.9 Å². The van der Waals surface area contributed by atoms with Gasteiger partial charge in [-0.2, -0.15) is 0 Å². The van der Waals surface area contributed by atoms with Crippen LogP contribution < -0.4 is 0 Å². The smallest absolute Gasteiger partial charge is 0.223 e. The maximum absolute atomic E-state index is 13.1. The Morgan fingerprint density at radius 2 is 2.37 bits per heavy atom. The second-order valence-corrected chi connectivity index (χ2v) is 5.36. The molecule has 5 nitrogen and oxygen atoms in total. The summed E-state index contributed by atoms with van der Waals surface area (Å²) in [5.41, 5.74) is 9.14. The van der Waals surface area contributed by atoms with Crippen molar-refractivity contribution in [1.29, 1.82) is 0 Å². The van der Waals surface area contributed by atoms with Crippen LogP contribution in [0.3, 0.4) is 0 Å². The minimum Gasteiger partial charge on any atom is -0.338 e. The second-order valence-electron chi connectivity index (χ2n) is 4.51. The first kappa shape index (κ1) is 13.8. The van der Waals surface area contributed by atoms with Crippen molar-refractivity contribution in [3.8, 4) is 0 Å². The number of halogens is 2. The lowest BCUT2D eigenvalue weighted by Crippen LogP contribution is -2.24. The molecule has 0 aromatic heterocycles. The van der Waals surface area contributed by atoms with Crippen molar-refractivity contribution in [1.82, 2.24) is 4.90 Å². The van der Waals surface area contributed by atoms with E-state index in [9.17, 15) is 9.18 Å². The molecule has 1 heterocycles. The lowest BCUT2D eigenvalue weighted by molar-refractivity contribution is -0.128. The fraction of sp³-hybridized carbons (Fsp3) is 0.417. The number of rotatable bonds is 4. The molecular formula is C12H12BrFN4O. The monoisotopic (exact) mass is 326 g/mol. The van der Waals surface area contributed by atoms with E-state index in [1.165, 1.54) is 6.07 Å². The largest absolute Gasteiger partial charge is 0.338 e. The van der Waals surface area contributed by atoms with E-state index in [4.69, 9.17) is 5.53 Å². The zero-order valence-corrected chi connectivity index (χ0v) is 11.7. The summed E-state index contributed by atoms with van der Waals surface area (Å²) in [5.74, 6) is -0.205. The molecule has 0 N–H and O–H groups in total. The first-order valence-corrected chi connectivity index (χ1v) is 6.62. The van der Waals surface area contributed by atoms with Crippen molar-refractivity contribution in [3.63, 3.8) is 0 Å². The van der Waals surface area contributed by atoms with Crippen LogP contribution in [0.2, 0.25) is 0 Å². The molecule has 100 valence electrons. The molecule has 0 spiro atoms. The van der Waals surface area contributed by atoms with Gasteiger partial charge in [-0.05, 0) is 45.1 Å². The zero-order valence-electron chi connectivity index (χ0n) is 10.1. The van der Waals surface area contributed by atoms with Crippen LogP contribution in [0.4, 0.5) is 4.39 Å². The van der Waals surface area contributed by atoms with E-state index in [-0.39, 0.29) is 17.6 Å². The van der Waals surface area contributed by atoms with E-state index in [0.29, 0.717) is 30.5 Å². The number of azide groups is 1. The number of carbonyl (C=O) groups is 1. The lowest BCUT2D eigenvalue weighted by atomic mass is 10.1. The highest BCUT2D eigenvalue weighted by molar-refractivity contribution is 9.10. The van der Waals surface area contributed by atoms with E-state index >= 15 is 0 Å². The maximum atomic E-state index is 13.1. The number of benzene rings is 1. The van der Waals surface area contributed by atoms with Gasteiger partial charge in [0.2, 0.25) is 5.91 Å². The predicted molar refractivity (Wildman–Crippen MR) is 71.6 cm³/mol. The summed E-state index contributed by atoms with van der Waals surface area (Å²) < 4.78 is 13.5. The SMILES string of the molecule is [N-]=[N+]=NCC1CC(=O)N(Cc2ccc(F)c(Br)c2)C1. The molecule has 0 bridgehead atoms. The summed E-state index contributed by atoms with van der Waals surface area (Å²) >= 11 is 3.12. The number of hydrogen-bond donors (Lipinski definition) is 0. The highest BCUT2D eigenvalue weighted by Gasteiger charge is 2.28. The van der Waals surface area contributed by atoms with E-state index in [0.717, 1.165) is 5.56 Å². The Balaban J connectivity index is 2.01. The quantitative estimate of drug-likeness (QED) is 0.475. The van der Waals surface area contributed by atoms with Crippen molar-refractivity contribution in [2.75, 3.05) is 13.1 Å². The van der Waals surface area contributed by atoms with Gasteiger partial charge in [0.1, 0.15) is 5.82 Å². The van der Waals surface area contributed by atoms with Crippen molar-refractivity contribution in [2.45, 2.75) is 13.0 Å². The van der Waals surface area contributed by atoms with Gasteiger partial charge < -0.3 is 4.90 Å². The van der Waals surface area contributed by atoms with Crippen LogP contribution in [0.15, 0.2) is 27.8 Å². The van der Waals surface area contributed by atoms with Crippen LogP contribution in [0, 0.1) is 11.7 Å². The van der Waals surface area contributed by atoms with Gasteiger partial charge in [0, 0.05) is 31.0 Å². The Morgan fingerprint density at radius 3 is 3.05 bits per heavy atom. The molecule has 1 aromatic rings. The summed E-state index contributed by atoms with van der Waals surface area (Å²) in [6.45, 7) is 1.36. The summed E-state index contributed by atoms with van der Waals surface area (Å²) in [4.78, 5) is 16.2. The standard InChI is InChI=1S/C12H12BrFN4O/c13-10-3-8(1-2-11(10)14)6-18-7-9(4-12(18)19)5-16-17-15/h1-3,9H,4-7H2. The molecule has 0 aliphatic carbocycles. The Bertz CT molecular complexity index is 545. The van der Waals surface area contributed by atoms with Crippen LogP contribution in [0.5, 0.6) is 0 Å². The molecule has 1 unspecified atom stereocenters. The highest BCUT2D eigenvalue weighted by atomic mass is 79.9. The second kappa shape index (κ2) is 6.04.